The van der Waals surface area contributed by atoms with Gasteiger partial charge in [0, 0.05) is 18.9 Å². The van der Waals surface area contributed by atoms with E-state index >= 15 is 0 Å². The van der Waals surface area contributed by atoms with Gasteiger partial charge in [-0.1, -0.05) is 43.7 Å². The van der Waals surface area contributed by atoms with E-state index in [4.69, 9.17) is 0 Å². The molecule has 0 aliphatic heterocycles. The van der Waals surface area contributed by atoms with E-state index in [9.17, 15) is 0 Å². The highest BCUT2D eigenvalue weighted by Crippen LogP contribution is 2.20. The third kappa shape index (κ3) is 2.89. The molecule has 0 amide bonds. The van der Waals surface area contributed by atoms with Gasteiger partial charge in [0.1, 0.15) is 5.52 Å². The fourth-order valence-electron chi connectivity index (χ4n) is 2.25. The molecule has 0 atom stereocenters. The number of aromatic nitrogens is 3. The fraction of sp³-hybridized carbons (Fsp3) is 0.294. The molecule has 1 aromatic carbocycles. The van der Waals surface area contributed by atoms with Crippen molar-refractivity contribution < 1.29 is 0 Å². The molecule has 0 aliphatic carbocycles. The standard InChI is InChI=1S/C17H20N4/c1-12(2)15-10-16-17(18-8-9-21(16)20-15)19-11-14-6-4-13(3)5-7-14/h4-10,12H,11H2,1-3H3,(H,18,19). The average molecular weight is 280 g/mol. The Morgan fingerprint density at radius 3 is 2.67 bits per heavy atom. The van der Waals surface area contributed by atoms with Crippen LogP contribution in [0.3, 0.4) is 0 Å². The number of hydrogen-bond acceptors (Lipinski definition) is 3. The van der Waals surface area contributed by atoms with Crippen LogP contribution in [-0.4, -0.2) is 14.6 Å². The highest BCUT2D eigenvalue weighted by atomic mass is 15.2. The van der Waals surface area contributed by atoms with Gasteiger partial charge in [-0.05, 0) is 24.5 Å². The predicted octanol–water partition coefficient (Wildman–Crippen LogP) is 3.77. The van der Waals surface area contributed by atoms with Gasteiger partial charge in [-0.15, -0.1) is 0 Å². The lowest BCUT2D eigenvalue weighted by molar-refractivity contribution is 0.787. The summed E-state index contributed by atoms with van der Waals surface area (Å²) in [5.41, 5.74) is 4.62. The zero-order chi connectivity index (χ0) is 14.8. The maximum Gasteiger partial charge on any atom is 0.152 e. The molecule has 0 unspecified atom stereocenters. The van der Waals surface area contributed by atoms with E-state index in [1.54, 1.807) is 6.20 Å². The van der Waals surface area contributed by atoms with Gasteiger partial charge in [-0.25, -0.2) is 9.50 Å². The normalized spacial score (nSPS) is 11.2. The van der Waals surface area contributed by atoms with Crippen LogP contribution in [-0.2, 0) is 6.54 Å². The van der Waals surface area contributed by atoms with Crippen LogP contribution in [0.4, 0.5) is 5.82 Å². The molecule has 0 saturated carbocycles. The van der Waals surface area contributed by atoms with E-state index in [2.05, 4.69) is 66.5 Å². The molecule has 3 aromatic rings. The van der Waals surface area contributed by atoms with Crippen LogP contribution >= 0.6 is 0 Å². The van der Waals surface area contributed by atoms with Gasteiger partial charge in [0.05, 0.1) is 5.69 Å². The summed E-state index contributed by atoms with van der Waals surface area (Å²) in [5, 5.41) is 7.98. The molecular weight excluding hydrogens is 260 g/mol. The smallest absolute Gasteiger partial charge is 0.152 e. The topological polar surface area (TPSA) is 42.2 Å². The van der Waals surface area contributed by atoms with Crippen molar-refractivity contribution in [2.24, 2.45) is 0 Å². The SMILES string of the molecule is Cc1ccc(CNc2nccn3nc(C(C)C)cc23)cc1. The molecule has 0 fully saturated rings. The van der Waals surface area contributed by atoms with Gasteiger partial charge >= 0.3 is 0 Å². The second kappa shape index (κ2) is 5.56. The van der Waals surface area contributed by atoms with Crippen LogP contribution in [0.15, 0.2) is 42.7 Å². The highest BCUT2D eigenvalue weighted by molar-refractivity contribution is 5.68. The number of anilines is 1. The molecular formula is C17H20N4. The molecule has 0 spiro atoms. The molecule has 2 heterocycles. The van der Waals surface area contributed by atoms with Crippen molar-refractivity contribution in [3.8, 4) is 0 Å². The maximum atomic E-state index is 4.58. The molecule has 4 nitrogen and oxygen atoms in total. The van der Waals surface area contributed by atoms with Crippen LogP contribution in [0.5, 0.6) is 0 Å². The Kier molecular flexibility index (Phi) is 3.60. The fourth-order valence-corrected chi connectivity index (χ4v) is 2.25. The third-order valence-electron chi connectivity index (χ3n) is 3.58. The van der Waals surface area contributed by atoms with E-state index in [1.807, 2.05) is 10.7 Å². The summed E-state index contributed by atoms with van der Waals surface area (Å²) in [6.45, 7) is 7.15. The van der Waals surface area contributed by atoms with Gasteiger partial charge in [-0.3, -0.25) is 0 Å². The van der Waals surface area contributed by atoms with Crippen LogP contribution < -0.4 is 5.32 Å². The summed E-state index contributed by atoms with van der Waals surface area (Å²) in [4.78, 5) is 4.44. The molecule has 0 bridgehead atoms. The molecule has 21 heavy (non-hydrogen) atoms. The lowest BCUT2D eigenvalue weighted by Crippen LogP contribution is -2.03. The minimum Gasteiger partial charge on any atom is -0.364 e. The van der Waals surface area contributed by atoms with E-state index in [-0.39, 0.29) is 0 Å². The number of benzene rings is 1. The number of nitrogens with zero attached hydrogens (tertiary/aromatic N) is 3. The molecule has 0 radical (unpaired) electrons. The summed E-state index contributed by atoms with van der Waals surface area (Å²) in [6.07, 6.45) is 3.67. The molecule has 1 N–H and O–H groups in total. The number of hydrogen-bond donors (Lipinski definition) is 1. The Labute approximate surface area is 124 Å². The quantitative estimate of drug-likeness (QED) is 0.791. The summed E-state index contributed by atoms with van der Waals surface area (Å²) in [6, 6.07) is 10.6. The molecule has 4 heteroatoms. The van der Waals surface area contributed by atoms with Crippen molar-refractivity contribution in [1.82, 2.24) is 14.6 Å². The summed E-state index contributed by atoms with van der Waals surface area (Å²) in [7, 11) is 0. The van der Waals surface area contributed by atoms with Crippen molar-refractivity contribution in [1.29, 1.82) is 0 Å². The van der Waals surface area contributed by atoms with Crippen LogP contribution in [0.1, 0.15) is 36.6 Å². The number of rotatable bonds is 4. The van der Waals surface area contributed by atoms with Crippen LogP contribution in [0.25, 0.3) is 5.52 Å². The zero-order valence-electron chi connectivity index (χ0n) is 12.7. The van der Waals surface area contributed by atoms with Gasteiger partial charge in [-0.2, -0.15) is 5.10 Å². The predicted molar refractivity (Wildman–Crippen MR) is 85.6 cm³/mol. The van der Waals surface area contributed by atoms with Crippen LogP contribution in [0.2, 0.25) is 0 Å². The lowest BCUT2D eigenvalue weighted by Gasteiger charge is -2.07. The first-order chi connectivity index (χ1) is 10.1. The first-order valence-corrected chi connectivity index (χ1v) is 7.27. The second-order valence-corrected chi connectivity index (χ2v) is 5.67. The monoisotopic (exact) mass is 280 g/mol. The Hall–Kier alpha value is -2.36. The first-order valence-electron chi connectivity index (χ1n) is 7.27. The Morgan fingerprint density at radius 1 is 1.19 bits per heavy atom. The Bertz CT molecular complexity index is 741. The zero-order valence-corrected chi connectivity index (χ0v) is 12.7. The van der Waals surface area contributed by atoms with Gasteiger partial charge in [0.15, 0.2) is 5.82 Å². The van der Waals surface area contributed by atoms with Gasteiger partial charge in [0.25, 0.3) is 0 Å². The van der Waals surface area contributed by atoms with Gasteiger partial charge < -0.3 is 5.32 Å². The minimum atomic E-state index is 0.412. The number of fused-ring (bicyclic) bond motifs is 1. The minimum absolute atomic E-state index is 0.412. The number of aryl methyl sites for hydroxylation is 1. The average Bonchev–Trinajstić information content (AvgIpc) is 2.91. The Morgan fingerprint density at radius 2 is 1.95 bits per heavy atom. The van der Waals surface area contributed by atoms with Crippen molar-refractivity contribution >= 4 is 11.3 Å². The molecule has 0 saturated heterocycles. The van der Waals surface area contributed by atoms with E-state index in [1.165, 1.54) is 11.1 Å². The summed E-state index contributed by atoms with van der Waals surface area (Å²) < 4.78 is 1.89. The van der Waals surface area contributed by atoms with Crippen molar-refractivity contribution in [3.63, 3.8) is 0 Å². The van der Waals surface area contributed by atoms with E-state index in [0.29, 0.717) is 5.92 Å². The second-order valence-electron chi connectivity index (χ2n) is 5.67. The maximum absolute atomic E-state index is 4.58. The van der Waals surface area contributed by atoms with Crippen molar-refractivity contribution in [2.75, 3.05) is 5.32 Å². The van der Waals surface area contributed by atoms with Gasteiger partial charge in [0.2, 0.25) is 0 Å². The van der Waals surface area contributed by atoms with Crippen molar-refractivity contribution in [3.05, 3.63) is 59.5 Å². The van der Waals surface area contributed by atoms with E-state index < -0.39 is 0 Å². The Balaban J connectivity index is 1.84. The summed E-state index contributed by atoms with van der Waals surface area (Å²) in [5.74, 6) is 1.28. The highest BCUT2D eigenvalue weighted by Gasteiger charge is 2.09. The largest absolute Gasteiger partial charge is 0.364 e. The number of nitrogens with one attached hydrogen (secondary N) is 1. The molecule has 108 valence electrons. The molecule has 2 aromatic heterocycles. The van der Waals surface area contributed by atoms with Crippen molar-refractivity contribution in [2.45, 2.75) is 33.2 Å². The molecule has 0 aliphatic rings. The first kappa shape index (κ1) is 13.6. The molecule has 3 rings (SSSR count). The van der Waals surface area contributed by atoms with Crippen LogP contribution in [0, 0.1) is 6.92 Å². The lowest BCUT2D eigenvalue weighted by atomic mass is 10.1. The summed E-state index contributed by atoms with van der Waals surface area (Å²) >= 11 is 0. The third-order valence-corrected chi connectivity index (χ3v) is 3.58. The van der Waals surface area contributed by atoms with E-state index in [0.717, 1.165) is 23.6 Å².